The summed E-state index contributed by atoms with van der Waals surface area (Å²) in [4.78, 5) is 0. The van der Waals surface area contributed by atoms with Crippen LogP contribution in [0.3, 0.4) is 0 Å². The van der Waals surface area contributed by atoms with Crippen molar-refractivity contribution in [2.45, 2.75) is 26.4 Å². The fourth-order valence-corrected chi connectivity index (χ4v) is 2.68. The molecule has 0 heterocycles. The maximum Gasteiger partial charge on any atom is 0.136 e. The van der Waals surface area contributed by atoms with E-state index in [9.17, 15) is 0 Å². The Hall–Kier alpha value is -1.32. The van der Waals surface area contributed by atoms with Crippen molar-refractivity contribution in [3.8, 4) is 5.75 Å². The maximum absolute atomic E-state index is 6.25. The number of rotatable bonds is 7. The first-order valence-corrected chi connectivity index (χ1v) is 8.18. The van der Waals surface area contributed by atoms with Gasteiger partial charge in [-0.3, -0.25) is 0 Å². The van der Waals surface area contributed by atoms with E-state index in [2.05, 4.69) is 65.4 Å². The largest absolute Gasteiger partial charge is 0.484 e. The van der Waals surface area contributed by atoms with Gasteiger partial charge in [0.15, 0.2) is 0 Å². The van der Waals surface area contributed by atoms with Crippen molar-refractivity contribution in [1.29, 1.82) is 0 Å². The van der Waals surface area contributed by atoms with Crippen molar-refractivity contribution in [3.63, 3.8) is 0 Å². The van der Waals surface area contributed by atoms with E-state index in [0.717, 1.165) is 35.3 Å². The lowest BCUT2D eigenvalue weighted by Crippen LogP contribution is -2.26. The number of halogens is 1. The van der Waals surface area contributed by atoms with E-state index in [4.69, 9.17) is 4.74 Å². The number of benzene rings is 2. The quantitative estimate of drug-likeness (QED) is 0.721. The van der Waals surface area contributed by atoms with Crippen LogP contribution >= 0.6 is 15.9 Å². The molecule has 0 bridgehead atoms. The Kier molecular flexibility index (Phi) is 6.27. The normalized spacial score (nSPS) is 12.1. The van der Waals surface area contributed by atoms with E-state index in [1.54, 1.807) is 0 Å². The minimum atomic E-state index is 0.0256. The molecule has 0 fully saturated rings. The van der Waals surface area contributed by atoms with Gasteiger partial charge in [-0.1, -0.05) is 53.2 Å². The molecule has 0 aromatic heterocycles. The van der Waals surface area contributed by atoms with Crippen molar-refractivity contribution >= 4 is 15.9 Å². The minimum Gasteiger partial charge on any atom is -0.484 e. The van der Waals surface area contributed by atoms with Crippen LogP contribution in [-0.4, -0.2) is 13.1 Å². The van der Waals surface area contributed by atoms with Crippen molar-refractivity contribution < 1.29 is 4.74 Å². The third-order valence-electron chi connectivity index (χ3n) is 3.33. The lowest BCUT2D eigenvalue weighted by Gasteiger charge is -2.21. The zero-order chi connectivity index (χ0) is 15.1. The number of aryl methyl sites for hydroxylation is 1. The van der Waals surface area contributed by atoms with Crippen molar-refractivity contribution in [2.75, 3.05) is 13.1 Å². The second-order valence-electron chi connectivity index (χ2n) is 5.13. The lowest BCUT2D eigenvalue weighted by atomic mass is 10.1. The predicted molar refractivity (Wildman–Crippen MR) is 91.9 cm³/mol. The first kappa shape index (κ1) is 16.1. The molecule has 1 N–H and O–H groups in total. The molecule has 3 heteroatoms. The molecule has 0 aliphatic heterocycles. The molecule has 0 amide bonds. The summed E-state index contributed by atoms with van der Waals surface area (Å²) in [5, 5.41) is 3.45. The predicted octanol–water partition coefficient (Wildman–Crippen LogP) is 4.88. The van der Waals surface area contributed by atoms with E-state index >= 15 is 0 Å². The van der Waals surface area contributed by atoms with Crippen LogP contribution in [0, 0.1) is 6.92 Å². The van der Waals surface area contributed by atoms with Gasteiger partial charge in [-0.25, -0.2) is 0 Å². The molecule has 2 aromatic rings. The van der Waals surface area contributed by atoms with Gasteiger partial charge in [-0.15, -0.1) is 0 Å². The second kappa shape index (κ2) is 8.20. The van der Waals surface area contributed by atoms with E-state index in [0.29, 0.717) is 0 Å². The summed E-state index contributed by atoms with van der Waals surface area (Å²) in [6.07, 6.45) is 1.15. The monoisotopic (exact) mass is 347 g/mol. The van der Waals surface area contributed by atoms with Crippen molar-refractivity contribution in [1.82, 2.24) is 5.32 Å². The van der Waals surface area contributed by atoms with Gasteiger partial charge in [-0.2, -0.15) is 0 Å². The van der Waals surface area contributed by atoms with E-state index in [1.165, 1.54) is 5.56 Å². The zero-order valence-electron chi connectivity index (χ0n) is 12.6. The van der Waals surface area contributed by atoms with Crippen LogP contribution in [-0.2, 0) is 0 Å². The molecule has 2 aromatic carbocycles. The Morgan fingerprint density at radius 1 is 1.14 bits per heavy atom. The maximum atomic E-state index is 6.25. The molecule has 0 radical (unpaired) electrons. The highest BCUT2D eigenvalue weighted by Gasteiger charge is 2.14. The molecule has 1 atom stereocenters. The van der Waals surface area contributed by atoms with Crippen LogP contribution in [0.15, 0.2) is 53.0 Å². The summed E-state index contributed by atoms with van der Waals surface area (Å²) in [5.74, 6) is 0.936. The molecular weight excluding hydrogens is 326 g/mol. The lowest BCUT2D eigenvalue weighted by molar-refractivity contribution is 0.200. The van der Waals surface area contributed by atoms with Crippen LogP contribution < -0.4 is 10.1 Å². The minimum absolute atomic E-state index is 0.0256. The van der Waals surface area contributed by atoms with Gasteiger partial charge < -0.3 is 10.1 Å². The Labute approximate surface area is 135 Å². The van der Waals surface area contributed by atoms with Crippen LogP contribution in [0.1, 0.15) is 30.6 Å². The van der Waals surface area contributed by atoms with Crippen LogP contribution in [0.5, 0.6) is 5.75 Å². The average molecular weight is 348 g/mol. The third kappa shape index (κ3) is 4.87. The van der Waals surface area contributed by atoms with Crippen LogP contribution in [0.2, 0.25) is 0 Å². The fourth-order valence-electron chi connectivity index (χ4n) is 2.20. The van der Waals surface area contributed by atoms with Crippen molar-refractivity contribution in [2.24, 2.45) is 0 Å². The van der Waals surface area contributed by atoms with Gasteiger partial charge in [0.25, 0.3) is 0 Å². The van der Waals surface area contributed by atoms with Gasteiger partial charge in [0, 0.05) is 11.0 Å². The van der Waals surface area contributed by atoms with Gasteiger partial charge in [0.05, 0.1) is 0 Å². The molecule has 2 nitrogen and oxygen atoms in total. The first-order valence-electron chi connectivity index (χ1n) is 7.39. The Bertz CT molecular complexity index is 556. The Morgan fingerprint density at radius 3 is 2.57 bits per heavy atom. The number of hydrogen-bond donors (Lipinski definition) is 1. The van der Waals surface area contributed by atoms with E-state index in [1.807, 2.05) is 18.2 Å². The summed E-state index contributed by atoms with van der Waals surface area (Å²) in [7, 11) is 0. The third-order valence-corrected chi connectivity index (χ3v) is 3.83. The van der Waals surface area contributed by atoms with Gasteiger partial charge in [0.2, 0.25) is 0 Å². The molecule has 21 heavy (non-hydrogen) atoms. The average Bonchev–Trinajstić information content (AvgIpc) is 2.49. The Balaban J connectivity index is 2.15. The highest BCUT2D eigenvalue weighted by molar-refractivity contribution is 9.10. The molecule has 0 aliphatic carbocycles. The Morgan fingerprint density at radius 2 is 1.90 bits per heavy atom. The smallest absolute Gasteiger partial charge is 0.136 e. The molecule has 0 saturated heterocycles. The van der Waals surface area contributed by atoms with Crippen LogP contribution in [0.4, 0.5) is 0 Å². The van der Waals surface area contributed by atoms with Crippen LogP contribution in [0.25, 0.3) is 0 Å². The highest BCUT2D eigenvalue weighted by atomic mass is 79.9. The second-order valence-corrected chi connectivity index (χ2v) is 6.05. The molecule has 0 saturated carbocycles. The van der Waals surface area contributed by atoms with Gasteiger partial charge in [-0.05, 0) is 49.2 Å². The van der Waals surface area contributed by atoms with Gasteiger partial charge >= 0.3 is 0 Å². The summed E-state index contributed by atoms with van der Waals surface area (Å²) < 4.78 is 7.33. The zero-order valence-corrected chi connectivity index (χ0v) is 14.2. The summed E-state index contributed by atoms with van der Waals surface area (Å²) in [5.41, 5.74) is 2.34. The summed E-state index contributed by atoms with van der Waals surface area (Å²) >= 11 is 3.49. The highest BCUT2D eigenvalue weighted by Crippen LogP contribution is 2.27. The topological polar surface area (TPSA) is 21.3 Å². The first-order chi connectivity index (χ1) is 10.2. The SMILES string of the molecule is CCCNCC(Oc1ccc(Br)cc1C)c1ccccc1. The van der Waals surface area contributed by atoms with E-state index < -0.39 is 0 Å². The number of nitrogens with one attached hydrogen (secondary N) is 1. The molecule has 112 valence electrons. The molecule has 0 spiro atoms. The molecule has 1 unspecified atom stereocenters. The number of ether oxygens (including phenoxy) is 1. The van der Waals surface area contributed by atoms with Gasteiger partial charge in [0.1, 0.15) is 11.9 Å². The summed E-state index contributed by atoms with van der Waals surface area (Å²) in [6, 6.07) is 16.5. The molecular formula is C18H22BrNO. The van der Waals surface area contributed by atoms with E-state index in [-0.39, 0.29) is 6.10 Å². The molecule has 0 aliphatic rings. The molecule has 2 rings (SSSR count). The standard InChI is InChI=1S/C18H22BrNO/c1-3-11-20-13-18(15-7-5-4-6-8-15)21-17-10-9-16(19)12-14(17)2/h4-10,12,18,20H,3,11,13H2,1-2H3. The number of hydrogen-bond acceptors (Lipinski definition) is 2. The van der Waals surface area contributed by atoms with Crippen molar-refractivity contribution in [3.05, 3.63) is 64.1 Å². The fraction of sp³-hybridized carbons (Fsp3) is 0.333. The summed E-state index contributed by atoms with van der Waals surface area (Å²) in [6.45, 7) is 6.06.